The summed E-state index contributed by atoms with van der Waals surface area (Å²) < 4.78 is 62.3. The van der Waals surface area contributed by atoms with Gasteiger partial charge in [-0.25, -0.2) is 8.78 Å². The largest absolute Gasteiger partial charge is 0.432 e. The van der Waals surface area contributed by atoms with Crippen molar-refractivity contribution in [2.75, 3.05) is 0 Å². The Bertz CT molecular complexity index is 544. The van der Waals surface area contributed by atoms with Gasteiger partial charge in [-0.1, -0.05) is 0 Å². The molecule has 1 aromatic heterocycles. The van der Waals surface area contributed by atoms with Crippen LogP contribution in [0.3, 0.4) is 0 Å². The molecule has 0 saturated heterocycles. The highest BCUT2D eigenvalue weighted by atomic mass is 19.4. The molecule has 90 valence electrons. The Hall–Kier alpha value is -1.92. The Labute approximate surface area is 92.1 Å². The zero-order valence-corrected chi connectivity index (χ0v) is 8.15. The van der Waals surface area contributed by atoms with Crippen LogP contribution >= 0.6 is 0 Å². The van der Waals surface area contributed by atoms with Gasteiger partial charge in [0.15, 0.2) is 11.6 Å². The molecule has 0 bridgehead atoms. The monoisotopic (exact) mass is 248 g/mol. The van der Waals surface area contributed by atoms with Gasteiger partial charge in [0.1, 0.15) is 5.69 Å². The molecule has 0 radical (unpaired) electrons. The summed E-state index contributed by atoms with van der Waals surface area (Å²) in [7, 11) is 0. The summed E-state index contributed by atoms with van der Waals surface area (Å²) in [6.07, 6.45) is -4.55. The fourth-order valence-electron chi connectivity index (χ4n) is 1.27. The zero-order chi connectivity index (χ0) is 12.6. The van der Waals surface area contributed by atoms with Gasteiger partial charge in [-0.05, 0) is 24.3 Å². The van der Waals surface area contributed by atoms with E-state index in [2.05, 4.69) is 5.10 Å². The van der Waals surface area contributed by atoms with E-state index in [-0.39, 0.29) is 11.3 Å². The first-order chi connectivity index (χ1) is 7.88. The standard InChI is InChI=1S/C10H5F5N2/c11-6-2-1-5(3-7(6)12)8-4-9(17-16-8)10(13,14)15/h1-4H,(H,16,17). The summed E-state index contributed by atoms with van der Waals surface area (Å²) in [5.74, 6) is -2.21. The Morgan fingerprint density at radius 2 is 1.71 bits per heavy atom. The van der Waals surface area contributed by atoms with Crippen molar-refractivity contribution in [1.82, 2.24) is 10.2 Å². The van der Waals surface area contributed by atoms with Crippen LogP contribution < -0.4 is 0 Å². The molecule has 1 N–H and O–H groups in total. The average Bonchev–Trinajstić information content (AvgIpc) is 2.70. The Morgan fingerprint density at radius 3 is 2.24 bits per heavy atom. The van der Waals surface area contributed by atoms with Crippen molar-refractivity contribution in [2.24, 2.45) is 0 Å². The molecule has 0 saturated carbocycles. The van der Waals surface area contributed by atoms with Gasteiger partial charge in [0.25, 0.3) is 0 Å². The smallest absolute Gasteiger partial charge is 0.273 e. The first kappa shape index (κ1) is 11.6. The highest BCUT2D eigenvalue weighted by molar-refractivity contribution is 5.59. The van der Waals surface area contributed by atoms with E-state index in [1.54, 1.807) is 5.10 Å². The maximum Gasteiger partial charge on any atom is 0.432 e. The van der Waals surface area contributed by atoms with E-state index in [9.17, 15) is 22.0 Å². The maximum absolute atomic E-state index is 12.9. The Kier molecular flexibility index (Phi) is 2.60. The minimum Gasteiger partial charge on any atom is -0.273 e. The summed E-state index contributed by atoms with van der Waals surface area (Å²) in [4.78, 5) is 0. The van der Waals surface area contributed by atoms with Crippen LogP contribution in [0, 0.1) is 11.6 Å². The van der Waals surface area contributed by atoms with Gasteiger partial charge < -0.3 is 0 Å². The van der Waals surface area contributed by atoms with Gasteiger partial charge >= 0.3 is 6.18 Å². The predicted molar refractivity (Wildman–Crippen MR) is 48.9 cm³/mol. The summed E-state index contributed by atoms with van der Waals surface area (Å²) in [5, 5.41) is 5.18. The quantitative estimate of drug-likeness (QED) is 0.770. The molecule has 0 unspecified atom stereocenters. The van der Waals surface area contributed by atoms with Gasteiger partial charge in [-0.3, -0.25) is 5.10 Å². The van der Waals surface area contributed by atoms with Crippen molar-refractivity contribution in [1.29, 1.82) is 0 Å². The third kappa shape index (κ3) is 2.27. The predicted octanol–water partition coefficient (Wildman–Crippen LogP) is 3.37. The summed E-state index contributed by atoms with van der Waals surface area (Å²) in [6.45, 7) is 0. The second-order valence-corrected chi connectivity index (χ2v) is 3.29. The number of nitrogens with zero attached hydrogens (tertiary/aromatic N) is 1. The second-order valence-electron chi connectivity index (χ2n) is 3.29. The van der Waals surface area contributed by atoms with Gasteiger partial charge in [-0.15, -0.1) is 0 Å². The molecule has 0 aliphatic carbocycles. The molecule has 0 fully saturated rings. The van der Waals surface area contributed by atoms with Gasteiger partial charge in [0.05, 0.1) is 5.69 Å². The van der Waals surface area contributed by atoms with E-state index in [1.165, 1.54) is 0 Å². The van der Waals surface area contributed by atoms with Crippen LogP contribution in [0.2, 0.25) is 0 Å². The van der Waals surface area contributed by atoms with Gasteiger partial charge in [-0.2, -0.15) is 18.3 Å². The number of alkyl halides is 3. The number of H-pyrrole nitrogens is 1. The molecular weight excluding hydrogens is 243 g/mol. The average molecular weight is 248 g/mol. The molecule has 2 rings (SSSR count). The van der Waals surface area contributed by atoms with E-state index in [0.29, 0.717) is 0 Å². The first-order valence-electron chi connectivity index (χ1n) is 4.46. The number of aromatic nitrogens is 2. The van der Waals surface area contributed by atoms with Crippen LogP contribution in [-0.4, -0.2) is 10.2 Å². The molecule has 1 heterocycles. The SMILES string of the molecule is Fc1ccc(-c2cc(C(F)(F)F)[nH]n2)cc1F. The highest BCUT2D eigenvalue weighted by Crippen LogP contribution is 2.30. The lowest BCUT2D eigenvalue weighted by Gasteiger charge is -2.00. The molecule has 2 aromatic rings. The van der Waals surface area contributed by atoms with Crippen LogP contribution in [0.5, 0.6) is 0 Å². The minimum absolute atomic E-state index is 0.0654. The number of benzene rings is 1. The molecule has 0 aliphatic rings. The van der Waals surface area contributed by atoms with E-state index < -0.39 is 23.5 Å². The molecular formula is C10H5F5N2. The topological polar surface area (TPSA) is 28.7 Å². The van der Waals surface area contributed by atoms with Crippen LogP contribution in [0.25, 0.3) is 11.3 Å². The zero-order valence-electron chi connectivity index (χ0n) is 8.15. The molecule has 0 aliphatic heterocycles. The molecule has 0 atom stereocenters. The van der Waals surface area contributed by atoms with Crippen molar-refractivity contribution in [3.05, 3.63) is 41.6 Å². The highest BCUT2D eigenvalue weighted by Gasteiger charge is 2.33. The fraction of sp³-hybridized carbons (Fsp3) is 0.100. The molecule has 7 heteroatoms. The number of rotatable bonds is 1. The fourth-order valence-corrected chi connectivity index (χ4v) is 1.27. The Morgan fingerprint density at radius 1 is 1.00 bits per heavy atom. The van der Waals surface area contributed by atoms with Crippen LogP contribution in [0.4, 0.5) is 22.0 Å². The Balaban J connectivity index is 2.40. The van der Waals surface area contributed by atoms with Gasteiger partial charge in [0, 0.05) is 5.56 Å². The van der Waals surface area contributed by atoms with Gasteiger partial charge in [0.2, 0.25) is 0 Å². The summed E-state index contributed by atoms with van der Waals surface area (Å²) in [5.41, 5.74) is -1.08. The van der Waals surface area contributed by atoms with Crippen molar-refractivity contribution in [3.63, 3.8) is 0 Å². The number of hydrogen-bond donors (Lipinski definition) is 1. The number of hydrogen-bond acceptors (Lipinski definition) is 1. The minimum atomic E-state index is -4.55. The van der Waals surface area contributed by atoms with E-state index in [4.69, 9.17) is 0 Å². The molecule has 0 spiro atoms. The van der Waals surface area contributed by atoms with E-state index >= 15 is 0 Å². The maximum atomic E-state index is 12.9. The third-order valence-corrected chi connectivity index (χ3v) is 2.10. The van der Waals surface area contributed by atoms with Crippen LogP contribution in [-0.2, 0) is 6.18 Å². The third-order valence-electron chi connectivity index (χ3n) is 2.10. The van der Waals surface area contributed by atoms with Crippen molar-refractivity contribution in [2.45, 2.75) is 6.18 Å². The van der Waals surface area contributed by atoms with Crippen LogP contribution in [0.15, 0.2) is 24.3 Å². The number of nitrogens with one attached hydrogen (secondary N) is 1. The summed E-state index contributed by atoms with van der Waals surface area (Å²) >= 11 is 0. The molecule has 0 amide bonds. The second kappa shape index (κ2) is 3.83. The van der Waals surface area contributed by atoms with Crippen molar-refractivity contribution >= 4 is 0 Å². The molecule has 1 aromatic carbocycles. The van der Waals surface area contributed by atoms with Crippen molar-refractivity contribution < 1.29 is 22.0 Å². The number of halogens is 5. The molecule has 17 heavy (non-hydrogen) atoms. The van der Waals surface area contributed by atoms with Crippen molar-refractivity contribution in [3.8, 4) is 11.3 Å². The lowest BCUT2D eigenvalue weighted by molar-refractivity contribution is -0.141. The van der Waals surface area contributed by atoms with E-state index in [0.717, 1.165) is 24.3 Å². The lowest BCUT2D eigenvalue weighted by Crippen LogP contribution is -2.04. The summed E-state index contributed by atoms with van der Waals surface area (Å²) in [6, 6.07) is 3.49. The number of aromatic amines is 1. The normalized spacial score (nSPS) is 11.8. The first-order valence-corrected chi connectivity index (χ1v) is 4.46. The lowest BCUT2D eigenvalue weighted by atomic mass is 10.1. The van der Waals surface area contributed by atoms with Crippen LogP contribution in [0.1, 0.15) is 5.69 Å². The molecule has 2 nitrogen and oxygen atoms in total. The van der Waals surface area contributed by atoms with E-state index in [1.807, 2.05) is 0 Å².